The van der Waals surface area contributed by atoms with E-state index in [-0.39, 0.29) is 17.5 Å². The summed E-state index contributed by atoms with van der Waals surface area (Å²) in [5, 5.41) is 16.0. The molecule has 2 aliphatic rings. The number of halogens is 3. The molecule has 0 spiro atoms. The van der Waals surface area contributed by atoms with E-state index in [9.17, 15) is 23.5 Å². The summed E-state index contributed by atoms with van der Waals surface area (Å²) in [6.07, 6.45) is -1.02. The largest absolute Gasteiger partial charge is 0.386 e. The first-order valence-corrected chi connectivity index (χ1v) is 10.2. The first-order valence-electron chi connectivity index (χ1n) is 9.78. The molecular formula is C23H16ClF2N3O3. The van der Waals surface area contributed by atoms with Crippen molar-refractivity contribution in [1.29, 1.82) is 0 Å². The van der Waals surface area contributed by atoms with Gasteiger partial charge in [0.1, 0.15) is 11.6 Å². The molecular weight excluding hydrogens is 440 g/mol. The Balaban J connectivity index is 1.51. The third-order valence-electron chi connectivity index (χ3n) is 5.67. The molecule has 2 atom stereocenters. The summed E-state index contributed by atoms with van der Waals surface area (Å²) in [5.74, 6) is -1.40. The van der Waals surface area contributed by atoms with Crippen LogP contribution in [-0.2, 0) is 0 Å². The molecule has 0 saturated carbocycles. The molecule has 0 aromatic heterocycles. The average Bonchev–Trinajstić information content (AvgIpc) is 3.28. The predicted octanol–water partition coefficient (Wildman–Crippen LogP) is 4.54. The molecule has 2 aliphatic heterocycles. The molecule has 0 saturated heterocycles. The smallest absolute Gasteiger partial charge is 0.326 e. The standard InChI is InChI=1S/C23H16ClF2N3O3/c24-16-6-4-11(25)8-14(16)21-20-13(22(31)28-21)2-1-3-17(20)27-23(32)29-10-19(30)15-9-12(26)5-7-18(15)29/h1-9,19,21,30H,10H2,(H,27,32)(H,28,31)/t19-,21+/m0/s1. The van der Waals surface area contributed by atoms with Crippen molar-refractivity contribution in [2.75, 3.05) is 16.8 Å². The van der Waals surface area contributed by atoms with Gasteiger partial charge in [-0.1, -0.05) is 17.7 Å². The van der Waals surface area contributed by atoms with E-state index in [4.69, 9.17) is 11.6 Å². The van der Waals surface area contributed by atoms with Gasteiger partial charge in [-0.2, -0.15) is 0 Å². The number of carbonyl (C=O) groups excluding carboxylic acids is 2. The molecule has 0 bridgehead atoms. The quantitative estimate of drug-likeness (QED) is 0.530. The van der Waals surface area contributed by atoms with Gasteiger partial charge in [-0.15, -0.1) is 0 Å². The van der Waals surface area contributed by atoms with E-state index in [0.717, 1.165) is 0 Å². The number of nitrogens with zero attached hydrogens (tertiary/aromatic N) is 1. The number of benzene rings is 3. The summed E-state index contributed by atoms with van der Waals surface area (Å²) in [6, 6.07) is 11.2. The highest BCUT2D eigenvalue weighted by Crippen LogP contribution is 2.40. The van der Waals surface area contributed by atoms with E-state index in [1.165, 1.54) is 41.3 Å². The van der Waals surface area contributed by atoms with Crippen LogP contribution in [0.1, 0.15) is 39.2 Å². The highest BCUT2D eigenvalue weighted by atomic mass is 35.5. The molecule has 0 radical (unpaired) electrons. The van der Waals surface area contributed by atoms with Crippen LogP contribution in [0, 0.1) is 11.6 Å². The van der Waals surface area contributed by atoms with E-state index in [1.54, 1.807) is 18.2 Å². The van der Waals surface area contributed by atoms with Gasteiger partial charge in [-0.3, -0.25) is 9.69 Å². The molecule has 2 heterocycles. The van der Waals surface area contributed by atoms with E-state index < -0.39 is 29.8 Å². The van der Waals surface area contributed by atoms with Gasteiger partial charge in [0.25, 0.3) is 5.91 Å². The number of rotatable bonds is 2. The van der Waals surface area contributed by atoms with Gasteiger partial charge in [0, 0.05) is 33.0 Å². The van der Waals surface area contributed by atoms with Crippen molar-refractivity contribution in [2.45, 2.75) is 12.1 Å². The number of fused-ring (bicyclic) bond motifs is 2. The topological polar surface area (TPSA) is 81.7 Å². The maximum Gasteiger partial charge on any atom is 0.326 e. The number of hydrogen-bond acceptors (Lipinski definition) is 3. The summed E-state index contributed by atoms with van der Waals surface area (Å²) in [7, 11) is 0. The van der Waals surface area contributed by atoms with Crippen LogP contribution >= 0.6 is 11.6 Å². The zero-order valence-corrected chi connectivity index (χ0v) is 17.2. The molecule has 3 N–H and O–H groups in total. The Hall–Kier alpha value is -3.49. The van der Waals surface area contributed by atoms with Crippen LogP contribution in [0.4, 0.5) is 25.0 Å². The third-order valence-corrected chi connectivity index (χ3v) is 6.01. The van der Waals surface area contributed by atoms with E-state index in [1.807, 2.05) is 0 Å². The average molecular weight is 456 g/mol. The van der Waals surface area contributed by atoms with Gasteiger partial charge < -0.3 is 15.7 Å². The van der Waals surface area contributed by atoms with Gasteiger partial charge >= 0.3 is 6.03 Å². The minimum Gasteiger partial charge on any atom is -0.386 e. The lowest BCUT2D eigenvalue weighted by atomic mass is 9.96. The fraction of sp³-hybridized carbons (Fsp3) is 0.130. The first-order chi connectivity index (χ1) is 15.3. The minimum atomic E-state index is -1.02. The second-order valence-corrected chi connectivity index (χ2v) is 8.01. The Morgan fingerprint density at radius 1 is 1.09 bits per heavy atom. The summed E-state index contributed by atoms with van der Waals surface area (Å²) in [4.78, 5) is 26.9. The molecule has 3 aromatic carbocycles. The van der Waals surface area contributed by atoms with Crippen LogP contribution in [0.5, 0.6) is 0 Å². The number of hydrogen-bond donors (Lipinski definition) is 3. The second kappa shape index (κ2) is 7.58. The molecule has 6 nitrogen and oxygen atoms in total. The third kappa shape index (κ3) is 3.28. The summed E-state index contributed by atoms with van der Waals surface area (Å²) in [5.41, 5.74) is 2.19. The molecule has 3 aromatic rings. The van der Waals surface area contributed by atoms with Gasteiger partial charge in [-0.25, -0.2) is 13.6 Å². The number of nitrogens with one attached hydrogen (secondary N) is 2. The van der Waals surface area contributed by atoms with Crippen LogP contribution < -0.4 is 15.5 Å². The van der Waals surface area contributed by atoms with Crippen LogP contribution in [0.15, 0.2) is 54.6 Å². The highest BCUT2D eigenvalue weighted by molar-refractivity contribution is 6.31. The zero-order chi connectivity index (χ0) is 22.6. The number of aliphatic hydroxyl groups excluding tert-OH is 1. The van der Waals surface area contributed by atoms with Crippen molar-refractivity contribution in [3.8, 4) is 0 Å². The lowest BCUT2D eigenvalue weighted by Crippen LogP contribution is -2.34. The molecule has 0 unspecified atom stereocenters. The summed E-state index contributed by atoms with van der Waals surface area (Å²) < 4.78 is 27.5. The number of aliphatic hydroxyl groups is 1. The maximum absolute atomic E-state index is 13.9. The number of β-amino-alcohol motifs (C(OH)–C–C–N with tert-alkyl or cyclic N) is 1. The zero-order valence-electron chi connectivity index (χ0n) is 16.4. The van der Waals surface area contributed by atoms with Crippen molar-refractivity contribution in [3.63, 3.8) is 0 Å². The second-order valence-electron chi connectivity index (χ2n) is 7.60. The van der Waals surface area contributed by atoms with Gasteiger partial charge in [0.15, 0.2) is 0 Å². The van der Waals surface area contributed by atoms with Crippen molar-refractivity contribution in [2.24, 2.45) is 0 Å². The van der Waals surface area contributed by atoms with Gasteiger partial charge in [-0.05, 0) is 48.5 Å². The Morgan fingerprint density at radius 2 is 1.81 bits per heavy atom. The molecule has 3 amide bonds. The fourth-order valence-electron chi connectivity index (χ4n) is 4.22. The fourth-order valence-corrected chi connectivity index (χ4v) is 4.44. The molecule has 0 fully saturated rings. The Morgan fingerprint density at radius 3 is 2.59 bits per heavy atom. The van der Waals surface area contributed by atoms with Crippen LogP contribution in [0.2, 0.25) is 5.02 Å². The first kappa shape index (κ1) is 20.4. The minimum absolute atomic E-state index is 0.0457. The van der Waals surface area contributed by atoms with Crippen molar-refractivity contribution in [1.82, 2.24) is 5.32 Å². The summed E-state index contributed by atoms with van der Waals surface area (Å²) in [6.45, 7) is -0.0457. The van der Waals surface area contributed by atoms with E-state index >= 15 is 0 Å². The maximum atomic E-state index is 13.9. The number of anilines is 2. The monoisotopic (exact) mass is 455 g/mol. The number of carbonyl (C=O) groups is 2. The summed E-state index contributed by atoms with van der Waals surface area (Å²) >= 11 is 6.27. The van der Waals surface area contributed by atoms with Gasteiger partial charge in [0.05, 0.1) is 24.4 Å². The molecule has 5 rings (SSSR count). The van der Waals surface area contributed by atoms with Crippen molar-refractivity contribution >= 4 is 34.9 Å². The van der Waals surface area contributed by atoms with Crippen LogP contribution in [0.25, 0.3) is 0 Å². The number of amides is 3. The lowest BCUT2D eigenvalue weighted by molar-refractivity contribution is 0.0960. The van der Waals surface area contributed by atoms with Crippen molar-refractivity contribution < 1.29 is 23.5 Å². The SMILES string of the molecule is O=C1N[C@H](c2cc(F)ccc2Cl)c2c(NC(=O)N3C[C@H](O)c4cc(F)ccc43)cccc21. The molecule has 9 heteroatoms. The molecule has 162 valence electrons. The highest BCUT2D eigenvalue weighted by Gasteiger charge is 2.36. The Bertz CT molecular complexity index is 1280. The van der Waals surface area contributed by atoms with E-state index in [0.29, 0.717) is 33.6 Å². The Kier molecular flexibility index (Phi) is 4.83. The lowest BCUT2D eigenvalue weighted by Gasteiger charge is -2.21. The van der Waals surface area contributed by atoms with Gasteiger partial charge in [0.2, 0.25) is 0 Å². The van der Waals surface area contributed by atoms with E-state index in [2.05, 4.69) is 10.6 Å². The van der Waals surface area contributed by atoms with Crippen LogP contribution in [-0.4, -0.2) is 23.6 Å². The number of urea groups is 1. The van der Waals surface area contributed by atoms with Crippen LogP contribution in [0.3, 0.4) is 0 Å². The Labute approximate surface area is 186 Å². The normalized spacial score (nSPS) is 18.9. The predicted molar refractivity (Wildman–Crippen MR) is 115 cm³/mol. The molecule has 0 aliphatic carbocycles. The van der Waals surface area contributed by atoms with Crippen molar-refractivity contribution in [3.05, 3.63) is 93.5 Å². The molecule has 32 heavy (non-hydrogen) atoms.